The Morgan fingerprint density at radius 3 is 2.22 bits per heavy atom. The average molecular weight is 332 g/mol. The van der Waals surface area contributed by atoms with E-state index in [1.54, 1.807) is 43.5 Å². The summed E-state index contributed by atoms with van der Waals surface area (Å²) in [5, 5.41) is 3.40. The Morgan fingerprint density at radius 2 is 1.70 bits per heavy atom. The van der Waals surface area contributed by atoms with Crippen molar-refractivity contribution >= 4 is 23.3 Å². The van der Waals surface area contributed by atoms with Crippen molar-refractivity contribution in [2.45, 2.75) is 19.4 Å². The Bertz CT molecular complexity index is 680. The molecule has 0 saturated heterocycles. The maximum atomic E-state index is 12.4. The fourth-order valence-electron chi connectivity index (χ4n) is 2.27. The number of ketones is 1. The summed E-state index contributed by atoms with van der Waals surface area (Å²) in [5.41, 5.74) is 1.42. The maximum Gasteiger partial charge on any atom is 0.217 e. The molecular weight excluding hydrogens is 314 g/mol. The standard InChI is InChI=1S/C18H18ClNO3/c1-12(21)20-17(13-5-9-16(23-2)10-6-13)11-18(22)14-3-7-15(19)8-4-14/h3-10,17H,11H2,1-2H3,(H,20,21). The molecule has 2 rings (SSSR count). The van der Waals surface area contributed by atoms with Crippen LogP contribution in [0.3, 0.4) is 0 Å². The molecule has 120 valence electrons. The van der Waals surface area contributed by atoms with Crippen molar-refractivity contribution in [3.05, 3.63) is 64.7 Å². The van der Waals surface area contributed by atoms with Crippen LogP contribution in [0.15, 0.2) is 48.5 Å². The molecule has 0 aliphatic heterocycles. The van der Waals surface area contributed by atoms with E-state index in [1.807, 2.05) is 12.1 Å². The summed E-state index contributed by atoms with van der Waals surface area (Å²) in [7, 11) is 1.59. The molecule has 0 heterocycles. The normalized spacial score (nSPS) is 11.6. The van der Waals surface area contributed by atoms with Gasteiger partial charge in [0.2, 0.25) is 5.91 Å². The molecule has 23 heavy (non-hydrogen) atoms. The lowest BCUT2D eigenvalue weighted by Gasteiger charge is -2.18. The monoisotopic (exact) mass is 331 g/mol. The highest BCUT2D eigenvalue weighted by Gasteiger charge is 2.18. The fourth-order valence-corrected chi connectivity index (χ4v) is 2.40. The first-order valence-corrected chi connectivity index (χ1v) is 7.57. The topological polar surface area (TPSA) is 55.4 Å². The van der Waals surface area contributed by atoms with Crippen LogP contribution in [-0.4, -0.2) is 18.8 Å². The number of amides is 1. The number of methoxy groups -OCH3 is 1. The van der Waals surface area contributed by atoms with Gasteiger partial charge in [-0.05, 0) is 42.0 Å². The van der Waals surface area contributed by atoms with E-state index < -0.39 is 0 Å². The van der Waals surface area contributed by atoms with E-state index in [0.29, 0.717) is 10.6 Å². The van der Waals surface area contributed by atoms with E-state index in [9.17, 15) is 9.59 Å². The summed E-state index contributed by atoms with van der Waals surface area (Å²) in [5.74, 6) is 0.477. The predicted molar refractivity (Wildman–Crippen MR) is 90.0 cm³/mol. The summed E-state index contributed by atoms with van der Waals surface area (Å²) in [4.78, 5) is 23.9. The highest BCUT2D eigenvalue weighted by molar-refractivity contribution is 6.30. The zero-order valence-corrected chi connectivity index (χ0v) is 13.8. The molecule has 2 aromatic rings. The van der Waals surface area contributed by atoms with Crippen LogP contribution in [0.1, 0.15) is 35.3 Å². The second kappa shape index (κ2) is 7.79. The Kier molecular flexibility index (Phi) is 5.77. The minimum atomic E-state index is -0.387. The number of hydrogen-bond donors (Lipinski definition) is 1. The Hall–Kier alpha value is -2.33. The molecule has 0 radical (unpaired) electrons. The van der Waals surface area contributed by atoms with Crippen molar-refractivity contribution in [2.24, 2.45) is 0 Å². The van der Waals surface area contributed by atoms with Gasteiger partial charge in [-0.1, -0.05) is 23.7 Å². The number of ether oxygens (including phenoxy) is 1. The third-order valence-corrected chi connectivity index (χ3v) is 3.70. The van der Waals surface area contributed by atoms with Crippen LogP contribution >= 0.6 is 11.6 Å². The molecule has 5 heteroatoms. The van der Waals surface area contributed by atoms with Gasteiger partial charge in [0.15, 0.2) is 5.78 Å². The van der Waals surface area contributed by atoms with Gasteiger partial charge in [0.25, 0.3) is 0 Å². The van der Waals surface area contributed by atoms with Crippen molar-refractivity contribution in [2.75, 3.05) is 7.11 Å². The van der Waals surface area contributed by atoms with Gasteiger partial charge in [0.05, 0.1) is 13.2 Å². The zero-order valence-electron chi connectivity index (χ0n) is 13.0. The molecule has 1 atom stereocenters. The summed E-state index contributed by atoms with van der Waals surface area (Å²) in [6, 6.07) is 13.6. The van der Waals surface area contributed by atoms with Crippen LogP contribution < -0.4 is 10.1 Å². The van der Waals surface area contributed by atoms with Gasteiger partial charge in [0, 0.05) is 23.9 Å². The molecule has 0 aliphatic rings. The molecule has 2 aromatic carbocycles. The van der Waals surface area contributed by atoms with Crippen LogP contribution in [0.2, 0.25) is 5.02 Å². The van der Waals surface area contributed by atoms with Gasteiger partial charge in [0.1, 0.15) is 5.75 Å². The third kappa shape index (κ3) is 4.83. The van der Waals surface area contributed by atoms with Crippen LogP contribution in [0.25, 0.3) is 0 Å². The van der Waals surface area contributed by atoms with Gasteiger partial charge >= 0.3 is 0 Å². The second-order valence-corrected chi connectivity index (χ2v) is 5.60. The van der Waals surface area contributed by atoms with Gasteiger partial charge in [-0.15, -0.1) is 0 Å². The molecule has 4 nitrogen and oxygen atoms in total. The largest absolute Gasteiger partial charge is 0.497 e. The summed E-state index contributed by atoms with van der Waals surface area (Å²) >= 11 is 5.84. The Morgan fingerprint density at radius 1 is 1.09 bits per heavy atom. The van der Waals surface area contributed by atoms with Crippen LogP contribution in [0.4, 0.5) is 0 Å². The highest BCUT2D eigenvalue weighted by Crippen LogP contribution is 2.22. The lowest BCUT2D eigenvalue weighted by molar-refractivity contribution is -0.119. The number of carbonyl (C=O) groups excluding carboxylic acids is 2. The maximum absolute atomic E-state index is 12.4. The molecule has 1 amide bonds. The lowest BCUT2D eigenvalue weighted by Crippen LogP contribution is -2.28. The Balaban J connectivity index is 2.18. The van der Waals surface area contributed by atoms with Gasteiger partial charge in [-0.3, -0.25) is 9.59 Å². The molecule has 0 bridgehead atoms. The lowest BCUT2D eigenvalue weighted by atomic mass is 9.97. The molecule has 1 unspecified atom stereocenters. The van der Waals surface area contributed by atoms with E-state index in [1.165, 1.54) is 6.92 Å². The first kappa shape index (κ1) is 17.0. The molecular formula is C18H18ClNO3. The first-order valence-electron chi connectivity index (χ1n) is 7.19. The van der Waals surface area contributed by atoms with E-state index >= 15 is 0 Å². The minimum Gasteiger partial charge on any atom is -0.497 e. The molecule has 0 aliphatic carbocycles. The van der Waals surface area contributed by atoms with Crippen molar-refractivity contribution in [1.29, 1.82) is 0 Å². The number of nitrogens with one attached hydrogen (secondary N) is 1. The SMILES string of the molecule is COc1ccc(C(CC(=O)c2ccc(Cl)cc2)NC(C)=O)cc1. The molecule has 0 fully saturated rings. The van der Waals surface area contributed by atoms with E-state index in [-0.39, 0.29) is 24.2 Å². The minimum absolute atomic E-state index is 0.0590. The first-order chi connectivity index (χ1) is 11.0. The van der Waals surface area contributed by atoms with Crippen molar-refractivity contribution in [3.8, 4) is 5.75 Å². The zero-order chi connectivity index (χ0) is 16.8. The number of benzene rings is 2. The average Bonchev–Trinajstić information content (AvgIpc) is 2.54. The van der Waals surface area contributed by atoms with Crippen LogP contribution in [-0.2, 0) is 4.79 Å². The van der Waals surface area contributed by atoms with Gasteiger partial charge in [-0.2, -0.15) is 0 Å². The molecule has 0 aromatic heterocycles. The van der Waals surface area contributed by atoms with Crippen molar-refractivity contribution in [1.82, 2.24) is 5.32 Å². The van der Waals surface area contributed by atoms with E-state index in [0.717, 1.165) is 11.3 Å². The highest BCUT2D eigenvalue weighted by atomic mass is 35.5. The quantitative estimate of drug-likeness (QED) is 0.819. The van der Waals surface area contributed by atoms with Crippen molar-refractivity contribution in [3.63, 3.8) is 0 Å². The smallest absolute Gasteiger partial charge is 0.217 e. The number of Topliss-reactive ketones (excluding diaryl/α,β-unsaturated/α-hetero) is 1. The fraction of sp³-hybridized carbons (Fsp3) is 0.222. The number of rotatable bonds is 6. The number of hydrogen-bond acceptors (Lipinski definition) is 3. The van der Waals surface area contributed by atoms with Gasteiger partial charge in [-0.25, -0.2) is 0 Å². The van der Waals surface area contributed by atoms with E-state index in [2.05, 4.69) is 5.32 Å². The predicted octanol–water partition coefficient (Wildman–Crippen LogP) is 3.80. The second-order valence-electron chi connectivity index (χ2n) is 5.16. The summed E-state index contributed by atoms with van der Waals surface area (Å²) < 4.78 is 5.12. The molecule has 0 saturated carbocycles. The summed E-state index contributed by atoms with van der Waals surface area (Å²) in [6.07, 6.45) is 0.174. The van der Waals surface area contributed by atoms with Gasteiger partial charge < -0.3 is 10.1 Å². The van der Waals surface area contributed by atoms with Crippen molar-refractivity contribution < 1.29 is 14.3 Å². The van der Waals surface area contributed by atoms with Crippen LogP contribution in [0, 0.1) is 0 Å². The number of halogens is 1. The third-order valence-electron chi connectivity index (χ3n) is 3.45. The molecule has 1 N–H and O–H groups in total. The van der Waals surface area contributed by atoms with E-state index in [4.69, 9.17) is 16.3 Å². The summed E-state index contributed by atoms with van der Waals surface area (Å²) in [6.45, 7) is 1.43. The number of carbonyl (C=O) groups is 2. The Labute approximate surface area is 140 Å². The molecule has 0 spiro atoms. The van der Waals surface area contributed by atoms with Crippen LogP contribution in [0.5, 0.6) is 5.75 Å².